The van der Waals surface area contributed by atoms with E-state index in [0.29, 0.717) is 37.1 Å². The Balaban J connectivity index is 0.000000388. The van der Waals surface area contributed by atoms with Crippen LogP contribution in [0.1, 0.15) is 62.5 Å². The van der Waals surface area contributed by atoms with Crippen molar-refractivity contribution in [2.75, 3.05) is 66.1 Å². The highest BCUT2D eigenvalue weighted by Crippen LogP contribution is 2.30. The summed E-state index contributed by atoms with van der Waals surface area (Å²) in [6.45, 7) is -0.0177. The molecule has 22 nitrogen and oxygen atoms in total. The zero-order valence-corrected chi connectivity index (χ0v) is 36.6. The number of aliphatic carboxylic acids is 2. The first-order valence-electron chi connectivity index (χ1n) is 20.6. The lowest BCUT2D eigenvalue weighted by molar-refractivity contribution is -0.140. The van der Waals surface area contributed by atoms with E-state index in [1.807, 2.05) is 0 Å². The molecule has 0 atom stereocenters. The van der Waals surface area contributed by atoms with E-state index in [0.717, 1.165) is 56.4 Å². The molecule has 64 heavy (non-hydrogen) atoms. The fourth-order valence-electron chi connectivity index (χ4n) is 7.06. The summed E-state index contributed by atoms with van der Waals surface area (Å²) in [5.41, 5.74) is 14.3. The SMILES string of the molecule is CN(C(=O)NCc1ccc(N)cc1)C(=O)OCC1CCC(COC(=O)N(C)C(=O)NCc2ccc(N)cc2)CC1.COC(=O)N(CC(=O)O)C1CCC(N(CC(=O)O)C(=O)OC)CC1. The molecule has 0 bridgehead atoms. The Labute approximate surface area is 371 Å². The van der Waals surface area contributed by atoms with Crippen molar-refractivity contribution in [3.05, 3.63) is 59.7 Å². The van der Waals surface area contributed by atoms with Gasteiger partial charge in [0, 0.05) is 50.6 Å². The Hall–Kier alpha value is -7.00. The number of rotatable bonds is 14. The van der Waals surface area contributed by atoms with Crippen LogP contribution in [0.3, 0.4) is 0 Å². The van der Waals surface area contributed by atoms with E-state index in [4.69, 9.17) is 31.2 Å². The van der Waals surface area contributed by atoms with Gasteiger partial charge in [0.15, 0.2) is 0 Å². The maximum absolute atomic E-state index is 12.3. The minimum Gasteiger partial charge on any atom is -0.480 e. The van der Waals surface area contributed by atoms with Crippen molar-refractivity contribution in [1.29, 1.82) is 0 Å². The van der Waals surface area contributed by atoms with Crippen molar-refractivity contribution in [1.82, 2.24) is 30.2 Å². The molecular formula is C42H60N8O14. The van der Waals surface area contributed by atoms with Gasteiger partial charge in [-0.2, -0.15) is 0 Å². The standard InChI is InChI=1S/C28H38N6O6.C14H22N2O8/c1-33(25(35)31-15-19-7-11-23(29)12-8-19)27(37)39-17-21-3-5-22(6-4-21)18-40-28(38)34(2)26(36)32-16-20-9-13-24(30)14-10-20;1-23-13(21)15(7-11(17)18)9-3-5-10(6-4-9)16(8-12(19)20)14(22)24-2/h7-14,21-22H,3-6,15-18,29-30H2,1-2H3,(H,31,35)(H,32,36);9-10H,3-8H2,1-2H3,(H,17,18)(H,19,20). The Kier molecular flexibility index (Phi) is 20.7. The van der Waals surface area contributed by atoms with Gasteiger partial charge >= 0.3 is 48.4 Å². The van der Waals surface area contributed by atoms with E-state index in [9.17, 15) is 38.4 Å². The van der Waals surface area contributed by atoms with Gasteiger partial charge in [-0.3, -0.25) is 19.4 Å². The van der Waals surface area contributed by atoms with Crippen LogP contribution < -0.4 is 22.1 Å². The number of methoxy groups -OCH3 is 2. The number of anilines is 2. The van der Waals surface area contributed by atoms with Gasteiger partial charge < -0.3 is 51.3 Å². The first-order valence-corrected chi connectivity index (χ1v) is 20.6. The molecule has 2 aromatic carbocycles. The van der Waals surface area contributed by atoms with Crippen LogP contribution in [0.2, 0.25) is 0 Å². The molecule has 2 aliphatic rings. The average molecular weight is 901 g/mol. The maximum Gasteiger partial charge on any atom is 0.417 e. The number of nitrogens with zero attached hydrogens (tertiary/aromatic N) is 4. The number of nitrogens with one attached hydrogen (secondary N) is 2. The van der Waals surface area contributed by atoms with E-state index in [-0.39, 0.29) is 50.2 Å². The molecule has 352 valence electrons. The molecule has 0 aromatic heterocycles. The van der Waals surface area contributed by atoms with Crippen molar-refractivity contribution < 1.29 is 67.5 Å². The Morgan fingerprint density at radius 1 is 0.547 bits per heavy atom. The molecule has 2 aromatic rings. The average Bonchev–Trinajstić information content (AvgIpc) is 3.29. The number of benzene rings is 2. The molecule has 0 unspecified atom stereocenters. The van der Waals surface area contributed by atoms with Crippen LogP contribution >= 0.6 is 0 Å². The van der Waals surface area contributed by atoms with Gasteiger partial charge in [-0.1, -0.05) is 24.3 Å². The highest BCUT2D eigenvalue weighted by molar-refractivity contribution is 5.91. The number of nitrogen functional groups attached to an aromatic ring is 2. The lowest BCUT2D eigenvalue weighted by Crippen LogP contribution is -2.50. The number of ether oxygens (including phenoxy) is 4. The lowest BCUT2D eigenvalue weighted by atomic mass is 9.83. The molecule has 0 heterocycles. The first kappa shape index (κ1) is 51.4. The highest BCUT2D eigenvalue weighted by Gasteiger charge is 2.35. The van der Waals surface area contributed by atoms with Crippen LogP contribution in [-0.2, 0) is 41.6 Å². The molecular weight excluding hydrogens is 841 g/mol. The van der Waals surface area contributed by atoms with Crippen LogP contribution in [0.15, 0.2) is 48.5 Å². The number of amides is 8. The third-order valence-electron chi connectivity index (χ3n) is 10.8. The summed E-state index contributed by atoms with van der Waals surface area (Å²) in [6.07, 6.45) is 2.00. The number of carbonyl (C=O) groups is 8. The molecule has 0 spiro atoms. The fraction of sp³-hybridized carbons (Fsp3) is 0.524. The van der Waals surface area contributed by atoms with Crippen molar-refractivity contribution in [3.63, 3.8) is 0 Å². The van der Waals surface area contributed by atoms with Crippen molar-refractivity contribution in [2.45, 2.75) is 76.5 Å². The largest absolute Gasteiger partial charge is 0.480 e. The van der Waals surface area contributed by atoms with Crippen LogP contribution in [0.5, 0.6) is 0 Å². The number of carboxylic acids is 2. The molecule has 8 N–H and O–H groups in total. The topological polar surface area (TPSA) is 303 Å². The predicted octanol–water partition coefficient (Wildman–Crippen LogP) is 4.52. The highest BCUT2D eigenvalue weighted by atomic mass is 16.6. The third kappa shape index (κ3) is 17.0. The Bertz CT molecular complexity index is 1750. The fourth-order valence-corrected chi connectivity index (χ4v) is 7.06. The predicted molar refractivity (Wildman–Crippen MR) is 229 cm³/mol. The van der Waals surface area contributed by atoms with Gasteiger partial charge in [0.25, 0.3) is 0 Å². The summed E-state index contributed by atoms with van der Waals surface area (Å²) in [6, 6.07) is 12.3. The van der Waals surface area contributed by atoms with Crippen LogP contribution in [0.25, 0.3) is 0 Å². The van der Waals surface area contributed by atoms with E-state index in [1.165, 1.54) is 28.3 Å². The quantitative estimate of drug-likeness (QED) is 0.112. The summed E-state index contributed by atoms with van der Waals surface area (Å²) in [5.74, 6) is -1.98. The Morgan fingerprint density at radius 2 is 0.859 bits per heavy atom. The molecule has 0 saturated heterocycles. The minimum atomic E-state index is -1.15. The zero-order chi connectivity index (χ0) is 47.3. The molecule has 22 heteroatoms. The van der Waals surface area contributed by atoms with Crippen molar-refractivity contribution >= 4 is 59.7 Å². The van der Waals surface area contributed by atoms with E-state index >= 15 is 0 Å². The zero-order valence-electron chi connectivity index (χ0n) is 36.6. The molecule has 2 fully saturated rings. The van der Waals surface area contributed by atoms with E-state index < -0.39 is 61.5 Å². The van der Waals surface area contributed by atoms with Gasteiger partial charge in [-0.15, -0.1) is 0 Å². The van der Waals surface area contributed by atoms with Crippen molar-refractivity contribution in [2.24, 2.45) is 11.8 Å². The maximum atomic E-state index is 12.3. The minimum absolute atomic E-state index is 0.156. The first-order chi connectivity index (χ1) is 30.4. The van der Waals surface area contributed by atoms with Crippen LogP contribution in [0.4, 0.5) is 40.1 Å². The number of carboxylic acid groups (broad SMARTS) is 2. The van der Waals surface area contributed by atoms with Gasteiger partial charge in [-0.25, -0.2) is 38.6 Å². The second-order valence-corrected chi connectivity index (χ2v) is 15.4. The molecule has 2 saturated carbocycles. The van der Waals surface area contributed by atoms with E-state index in [2.05, 4.69) is 20.1 Å². The van der Waals surface area contributed by atoms with Gasteiger partial charge in [-0.05, 0) is 98.6 Å². The van der Waals surface area contributed by atoms with Crippen LogP contribution in [0, 0.1) is 11.8 Å². The summed E-state index contributed by atoms with van der Waals surface area (Å²) in [5, 5.41) is 23.2. The van der Waals surface area contributed by atoms with Gasteiger partial charge in [0.1, 0.15) is 13.1 Å². The second kappa shape index (κ2) is 25.8. The molecule has 0 radical (unpaired) electrons. The number of hydrogen-bond acceptors (Lipinski definition) is 14. The normalized spacial score (nSPS) is 17.7. The molecule has 2 aliphatic carbocycles. The number of urea groups is 2. The van der Waals surface area contributed by atoms with Gasteiger partial charge in [0.2, 0.25) is 0 Å². The van der Waals surface area contributed by atoms with Crippen LogP contribution in [-0.4, -0.2) is 145 Å². The lowest BCUT2D eigenvalue weighted by Gasteiger charge is -2.38. The third-order valence-corrected chi connectivity index (χ3v) is 10.8. The molecule has 0 aliphatic heterocycles. The number of hydrogen-bond donors (Lipinski definition) is 6. The number of imide groups is 2. The molecule has 4 rings (SSSR count). The van der Waals surface area contributed by atoms with E-state index in [1.54, 1.807) is 48.5 Å². The van der Waals surface area contributed by atoms with Crippen molar-refractivity contribution in [3.8, 4) is 0 Å². The number of carbonyl (C=O) groups excluding carboxylic acids is 6. The number of nitrogens with two attached hydrogens (primary N) is 2. The summed E-state index contributed by atoms with van der Waals surface area (Å²) in [4.78, 5) is 98.5. The Morgan fingerprint density at radius 3 is 1.14 bits per heavy atom. The summed E-state index contributed by atoms with van der Waals surface area (Å²) in [7, 11) is 5.07. The monoisotopic (exact) mass is 900 g/mol. The second-order valence-electron chi connectivity index (χ2n) is 15.4. The van der Waals surface area contributed by atoms with Gasteiger partial charge in [0.05, 0.1) is 27.4 Å². The smallest absolute Gasteiger partial charge is 0.417 e. The summed E-state index contributed by atoms with van der Waals surface area (Å²) >= 11 is 0. The molecule has 8 amide bonds. The summed E-state index contributed by atoms with van der Waals surface area (Å²) < 4.78 is 19.9.